The van der Waals surface area contributed by atoms with Gasteiger partial charge in [-0.3, -0.25) is 4.79 Å². The maximum absolute atomic E-state index is 11.9. The second-order valence-corrected chi connectivity index (χ2v) is 8.28. The third kappa shape index (κ3) is 7.06. The van der Waals surface area contributed by atoms with Crippen LogP contribution in [0.15, 0.2) is 36.9 Å². The fraction of sp³-hybridized carbons (Fsp3) is 0.400. The lowest BCUT2D eigenvalue weighted by Gasteiger charge is -2.21. The van der Waals surface area contributed by atoms with E-state index in [-0.39, 0.29) is 12.4 Å². The highest BCUT2D eigenvalue weighted by Gasteiger charge is 2.20. The number of hydrogen-bond donors (Lipinski definition) is 2. The van der Waals surface area contributed by atoms with Crippen molar-refractivity contribution >= 4 is 11.7 Å². The Morgan fingerprint density at radius 1 is 1.10 bits per heavy atom. The predicted molar refractivity (Wildman–Crippen MR) is 122 cm³/mol. The van der Waals surface area contributed by atoms with Gasteiger partial charge in [0, 0.05) is 5.69 Å². The van der Waals surface area contributed by atoms with Gasteiger partial charge in [0.15, 0.2) is 0 Å². The third-order valence-electron chi connectivity index (χ3n) is 4.55. The van der Waals surface area contributed by atoms with Crippen LogP contribution in [-0.4, -0.2) is 23.8 Å². The standard InChI is InChI=1S/C21H25NO2.C4H10O/c1-6-7-17-14(3)20(16-10-8-13(2)9-11-16)18(12-19(23)24-5)15(4)21(17)22;1-4(2,3)5/h6,8-11H,1,7,12,22H2,2-5H3;5H,1-3H3. The second kappa shape index (κ2) is 10.3. The van der Waals surface area contributed by atoms with Crippen molar-refractivity contribution in [1.29, 1.82) is 0 Å². The largest absolute Gasteiger partial charge is 0.469 e. The molecule has 0 amide bonds. The Hall–Kier alpha value is -2.59. The molecule has 2 rings (SSSR count). The zero-order chi connectivity index (χ0) is 22.4. The second-order valence-electron chi connectivity index (χ2n) is 8.28. The van der Waals surface area contributed by atoms with Gasteiger partial charge in [0.25, 0.3) is 0 Å². The van der Waals surface area contributed by atoms with E-state index in [0.29, 0.717) is 6.42 Å². The first-order valence-corrected chi connectivity index (χ1v) is 9.78. The molecule has 0 atom stereocenters. The Balaban J connectivity index is 0.000000749. The molecule has 0 aliphatic rings. The van der Waals surface area contributed by atoms with E-state index in [2.05, 4.69) is 44.7 Å². The van der Waals surface area contributed by atoms with E-state index in [1.54, 1.807) is 20.8 Å². The Labute approximate surface area is 175 Å². The number of aryl methyl sites for hydroxylation is 1. The Kier molecular flexibility index (Phi) is 8.65. The summed E-state index contributed by atoms with van der Waals surface area (Å²) in [5, 5.41) is 8.52. The molecule has 0 radical (unpaired) electrons. The summed E-state index contributed by atoms with van der Waals surface area (Å²) in [5.41, 5.74) is 14.0. The number of ether oxygens (including phenoxy) is 1. The van der Waals surface area contributed by atoms with Crippen molar-refractivity contribution in [3.63, 3.8) is 0 Å². The number of hydrogen-bond acceptors (Lipinski definition) is 4. The fourth-order valence-corrected chi connectivity index (χ4v) is 3.11. The summed E-state index contributed by atoms with van der Waals surface area (Å²) in [6.45, 7) is 15.2. The van der Waals surface area contributed by atoms with Crippen LogP contribution in [0.3, 0.4) is 0 Å². The van der Waals surface area contributed by atoms with Crippen molar-refractivity contribution in [1.82, 2.24) is 0 Å². The van der Waals surface area contributed by atoms with Crippen LogP contribution in [0.5, 0.6) is 0 Å². The maximum atomic E-state index is 11.9. The molecular weight excluding hydrogens is 362 g/mol. The minimum absolute atomic E-state index is 0.213. The average molecular weight is 398 g/mol. The molecule has 0 unspecified atom stereocenters. The molecule has 2 aromatic carbocycles. The summed E-state index contributed by atoms with van der Waals surface area (Å²) in [4.78, 5) is 11.9. The number of esters is 1. The third-order valence-corrected chi connectivity index (χ3v) is 4.55. The van der Waals surface area contributed by atoms with Crippen LogP contribution in [0.2, 0.25) is 0 Å². The summed E-state index contributed by atoms with van der Waals surface area (Å²) < 4.78 is 4.88. The maximum Gasteiger partial charge on any atom is 0.310 e. The molecular formula is C25H35NO3. The van der Waals surface area contributed by atoms with E-state index < -0.39 is 5.60 Å². The normalized spacial score (nSPS) is 10.8. The van der Waals surface area contributed by atoms with Gasteiger partial charge in [-0.2, -0.15) is 0 Å². The first-order chi connectivity index (χ1) is 13.4. The number of benzene rings is 2. The van der Waals surface area contributed by atoms with Crippen molar-refractivity contribution in [3.05, 3.63) is 64.7 Å². The van der Waals surface area contributed by atoms with E-state index >= 15 is 0 Å². The number of nitrogen functional groups attached to an aromatic ring is 1. The van der Waals surface area contributed by atoms with Crippen molar-refractivity contribution in [2.75, 3.05) is 12.8 Å². The number of aliphatic hydroxyl groups is 1. The summed E-state index contributed by atoms with van der Waals surface area (Å²) in [7, 11) is 1.41. The van der Waals surface area contributed by atoms with E-state index in [1.165, 1.54) is 12.7 Å². The molecule has 0 spiro atoms. The monoisotopic (exact) mass is 397 g/mol. The summed E-state index contributed by atoms with van der Waals surface area (Å²) in [6, 6.07) is 8.34. The summed E-state index contributed by atoms with van der Waals surface area (Å²) >= 11 is 0. The predicted octanol–water partition coefficient (Wildman–Crippen LogP) is 5.08. The molecule has 0 aliphatic heterocycles. The van der Waals surface area contributed by atoms with Crippen LogP contribution < -0.4 is 5.73 Å². The van der Waals surface area contributed by atoms with Gasteiger partial charge in [-0.05, 0) is 81.3 Å². The topological polar surface area (TPSA) is 72.5 Å². The van der Waals surface area contributed by atoms with Gasteiger partial charge in [0.2, 0.25) is 0 Å². The first-order valence-electron chi connectivity index (χ1n) is 9.78. The minimum atomic E-state index is -0.500. The van der Waals surface area contributed by atoms with E-state index in [9.17, 15) is 4.79 Å². The molecule has 3 N–H and O–H groups in total. The van der Waals surface area contributed by atoms with Crippen LogP contribution >= 0.6 is 0 Å². The zero-order valence-corrected chi connectivity index (χ0v) is 18.8. The highest BCUT2D eigenvalue weighted by molar-refractivity contribution is 5.84. The zero-order valence-electron chi connectivity index (χ0n) is 18.8. The quantitative estimate of drug-likeness (QED) is 0.419. The molecule has 4 heteroatoms. The fourth-order valence-electron chi connectivity index (χ4n) is 3.11. The number of carbonyl (C=O) groups excluding carboxylic acids is 1. The molecule has 0 saturated carbocycles. The Morgan fingerprint density at radius 3 is 2.07 bits per heavy atom. The van der Waals surface area contributed by atoms with E-state index in [4.69, 9.17) is 15.6 Å². The number of nitrogens with two attached hydrogens (primary N) is 1. The number of allylic oxidation sites excluding steroid dienone is 1. The lowest BCUT2D eigenvalue weighted by Crippen LogP contribution is -2.12. The highest BCUT2D eigenvalue weighted by Crippen LogP contribution is 2.37. The molecule has 2 aromatic rings. The van der Waals surface area contributed by atoms with Gasteiger partial charge in [-0.15, -0.1) is 6.58 Å². The van der Waals surface area contributed by atoms with Crippen molar-refractivity contribution < 1.29 is 14.6 Å². The number of rotatable bonds is 5. The number of methoxy groups -OCH3 is 1. The average Bonchev–Trinajstić information content (AvgIpc) is 2.63. The molecule has 158 valence electrons. The SMILES string of the molecule is C=CCc1c(C)c(-c2ccc(C)cc2)c(CC(=O)OC)c(C)c1N.CC(C)(C)O. The summed E-state index contributed by atoms with van der Waals surface area (Å²) in [6.07, 6.45) is 2.78. The molecule has 0 aromatic heterocycles. The van der Waals surface area contributed by atoms with Gasteiger partial charge in [0.05, 0.1) is 19.1 Å². The van der Waals surface area contributed by atoms with Gasteiger partial charge < -0.3 is 15.6 Å². The molecule has 0 bridgehead atoms. The lowest BCUT2D eigenvalue weighted by molar-refractivity contribution is -0.139. The molecule has 29 heavy (non-hydrogen) atoms. The van der Waals surface area contributed by atoms with Crippen molar-refractivity contribution in [2.24, 2.45) is 0 Å². The number of carbonyl (C=O) groups is 1. The molecule has 0 fully saturated rings. The molecule has 0 aliphatic carbocycles. The molecule has 0 heterocycles. The lowest BCUT2D eigenvalue weighted by atomic mass is 9.84. The van der Waals surface area contributed by atoms with Crippen LogP contribution in [0.1, 0.15) is 48.6 Å². The Morgan fingerprint density at radius 2 is 1.62 bits per heavy atom. The van der Waals surface area contributed by atoms with Crippen LogP contribution in [0.25, 0.3) is 11.1 Å². The minimum Gasteiger partial charge on any atom is -0.469 e. The molecule has 4 nitrogen and oxygen atoms in total. The van der Waals surface area contributed by atoms with Crippen LogP contribution in [0.4, 0.5) is 5.69 Å². The first kappa shape index (κ1) is 24.4. The van der Waals surface area contributed by atoms with Crippen molar-refractivity contribution in [3.8, 4) is 11.1 Å². The number of anilines is 1. The van der Waals surface area contributed by atoms with E-state index in [0.717, 1.165) is 39.1 Å². The van der Waals surface area contributed by atoms with Crippen LogP contribution in [0, 0.1) is 20.8 Å². The van der Waals surface area contributed by atoms with E-state index in [1.807, 2.05) is 13.0 Å². The van der Waals surface area contributed by atoms with Gasteiger partial charge >= 0.3 is 5.97 Å². The summed E-state index contributed by atoms with van der Waals surface area (Å²) in [5.74, 6) is -0.262. The Bertz CT molecular complexity index is 853. The van der Waals surface area contributed by atoms with Gasteiger partial charge in [0.1, 0.15) is 0 Å². The van der Waals surface area contributed by atoms with Crippen LogP contribution in [-0.2, 0) is 22.4 Å². The molecule has 0 saturated heterocycles. The van der Waals surface area contributed by atoms with Gasteiger partial charge in [-0.1, -0.05) is 35.9 Å². The smallest absolute Gasteiger partial charge is 0.310 e. The highest BCUT2D eigenvalue weighted by atomic mass is 16.5. The van der Waals surface area contributed by atoms with Gasteiger partial charge in [-0.25, -0.2) is 0 Å². The van der Waals surface area contributed by atoms with Crippen molar-refractivity contribution in [2.45, 2.75) is 60.0 Å².